The zero-order valence-corrected chi connectivity index (χ0v) is 20.1. The molecule has 4 rings (SSSR count). The number of Topliss-reactive ketones (excluding diaryl/α,β-unsaturated/α-hetero) is 1. The van der Waals surface area contributed by atoms with Crippen LogP contribution in [0.4, 0.5) is 0 Å². The Morgan fingerprint density at radius 2 is 1.68 bits per heavy atom. The molecule has 1 heterocycles. The number of carbonyl (C=O) groups excluding carboxylic acids is 1. The van der Waals surface area contributed by atoms with Crippen LogP contribution in [0.25, 0.3) is 10.9 Å². The number of aromatic nitrogens is 2. The zero-order valence-electron chi connectivity index (χ0n) is 18.5. The van der Waals surface area contributed by atoms with E-state index in [1.54, 1.807) is 47.0 Å². The fraction of sp³-hybridized carbons (Fsp3) is 0.160. The molecule has 174 valence electrons. The van der Waals surface area contributed by atoms with E-state index in [2.05, 4.69) is 4.98 Å². The number of primary sulfonamides is 1. The Kier molecular flexibility index (Phi) is 6.97. The molecule has 0 aliphatic rings. The highest BCUT2D eigenvalue weighted by Gasteiger charge is 2.15. The van der Waals surface area contributed by atoms with Gasteiger partial charge in [0.2, 0.25) is 10.0 Å². The minimum Gasteiger partial charge on any atom is -0.293 e. The van der Waals surface area contributed by atoms with Gasteiger partial charge in [0.05, 0.1) is 21.6 Å². The molecule has 0 saturated heterocycles. The summed E-state index contributed by atoms with van der Waals surface area (Å²) in [5, 5.41) is 6.12. The van der Waals surface area contributed by atoms with Gasteiger partial charge < -0.3 is 0 Å². The summed E-state index contributed by atoms with van der Waals surface area (Å²) in [7, 11) is -3.77. The van der Waals surface area contributed by atoms with Crippen molar-refractivity contribution in [3.63, 3.8) is 0 Å². The lowest BCUT2D eigenvalue weighted by Gasteiger charge is -2.13. The number of rotatable bonds is 8. The lowest BCUT2D eigenvalue weighted by Crippen LogP contribution is -2.24. The normalized spacial score (nSPS) is 11.6. The van der Waals surface area contributed by atoms with Gasteiger partial charge in [0.15, 0.2) is 10.9 Å². The summed E-state index contributed by atoms with van der Waals surface area (Å²) in [5.74, 6) is 0.106. The van der Waals surface area contributed by atoms with Gasteiger partial charge in [-0.3, -0.25) is 14.2 Å². The standard InChI is InChI=1S/C25H23N3O4S2/c1-17-6-10-19(11-7-17)23(29)16-33-25-27-22-5-3-2-4-21(22)24(30)28(25)15-14-18-8-12-20(13-9-18)34(26,31)32/h2-13H,14-16H2,1H3,(H2,26,31,32). The van der Waals surface area contributed by atoms with Crippen LogP contribution in [0.1, 0.15) is 21.5 Å². The van der Waals surface area contributed by atoms with Crippen LogP contribution in [-0.4, -0.2) is 29.5 Å². The van der Waals surface area contributed by atoms with Crippen molar-refractivity contribution in [2.75, 3.05) is 5.75 Å². The molecule has 0 aliphatic carbocycles. The molecular formula is C25H23N3O4S2. The monoisotopic (exact) mass is 493 g/mol. The second-order valence-corrected chi connectivity index (χ2v) is 10.4. The molecule has 7 nitrogen and oxygen atoms in total. The van der Waals surface area contributed by atoms with E-state index >= 15 is 0 Å². The minimum absolute atomic E-state index is 0.0339. The molecule has 1 aromatic heterocycles. The van der Waals surface area contributed by atoms with Gasteiger partial charge in [-0.2, -0.15) is 0 Å². The molecule has 34 heavy (non-hydrogen) atoms. The maximum atomic E-state index is 13.2. The topological polar surface area (TPSA) is 112 Å². The number of ketones is 1. The number of benzene rings is 3. The number of fused-ring (bicyclic) bond motifs is 1. The lowest BCUT2D eigenvalue weighted by molar-refractivity contribution is 0.102. The number of carbonyl (C=O) groups is 1. The summed E-state index contributed by atoms with van der Waals surface area (Å²) in [5.41, 5.74) is 2.93. The van der Waals surface area contributed by atoms with Crippen LogP contribution in [0.5, 0.6) is 0 Å². The Labute approximate surface area is 201 Å². The van der Waals surface area contributed by atoms with Crippen molar-refractivity contribution in [1.82, 2.24) is 9.55 Å². The Morgan fingerprint density at radius 1 is 1.00 bits per heavy atom. The number of hydrogen-bond acceptors (Lipinski definition) is 6. The van der Waals surface area contributed by atoms with E-state index in [9.17, 15) is 18.0 Å². The fourth-order valence-corrected chi connectivity index (χ4v) is 4.93. The molecule has 0 saturated carbocycles. The number of para-hydroxylation sites is 1. The van der Waals surface area contributed by atoms with Crippen molar-refractivity contribution in [2.24, 2.45) is 5.14 Å². The van der Waals surface area contributed by atoms with Gasteiger partial charge in [-0.05, 0) is 43.2 Å². The highest BCUT2D eigenvalue weighted by molar-refractivity contribution is 7.99. The van der Waals surface area contributed by atoms with Gasteiger partial charge in [0.1, 0.15) is 0 Å². The molecule has 0 amide bonds. The Bertz CT molecular complexity index is 1510. The molecule has 0 radical (unpaired) electrons. The predicted octanol–water partition coefficient (Wildman–Crippen LogP) is 3.57. The molecule has 0 fully saturated rings. The van der Waals surface area contributed by atoms with E-state index < -0.39 is 10.0 Å². The highest BCUT2D eigenvalue weighted by atomic mass is 32.2. The smallest absolute Gasteiger partial charge is 0.262 e. The quantitative estimate of drug-likeness (QED) is 0.228. The first-order valence-electron chi connectivity index (χ1n) is 10.6. The third-order valence-corrected chi connectivity index (χ3v) is 7.31. The van der Waals surface area contributed by atoms with Crippen molar-refractivity contribution in [2.45, 2.75) is 29.9 Å². The summed E-state index contributed by atoms with van der Waals surface area (Å²) in [6.45, 7) is 2.29. The first kappa shape index (κ1) is 23.9. The van der Waals surface area contributed by atoms with Crippen LogP contribution in [0.15, 0.2) is 87.6 Å². The van der Waals surface area contributed by atoms with Crippen LogP contribution >= 0.6 is 11.8 Å². The van der Waals surface area contributed by atoms with Gasteiger partial charge in [0.25, 0.3) is 5.56 Å². The van der Waals surface area contributed by atoms with Gasteiger partial charge in [-0.15, -0.1) is 0 Å². The number of nitrogens with zero attached hydrogens (tertiary/aromatic N) is 2. The Hall–Kier alpha value is -3.27. The molecule has 0 unspecified atom stereocenters. The van der Waals surface area contributed by atoms with Gasteiger partial charge in [0, 0.05) is 12.1 Å². The zero-order chi connectivity index (χ0) is 24.3. The highest BCUT2D eigenvalue weighted by Crippen LogP contribution is 2.20. The molecule has 0 atom stereocenters. The summed E-state index contributed by atoms with van der Waals surface area (Å²) < 4.78 is 24.5. The third-order valence-electron chi connectivity index (χ3n) is 5.41. The van der Waals surface area contributed by atoms with E-state index in [0.29, 0.717) is 34.6 Å². The summed E-state index contributed by atoms with van der Waals surface area (Å²) >= 11 is 1.23. The maximum absolute atomic E-state index is 13.2. The van der Waals surface area contributed by atoms with E-state index in [4.69, 9.17) is 5.14 Å². The van der Waals surface area contributed by atoms with Crippen molar-refractivity contribution in [3.05, 3.63) is 99.8 Å². The van der Waals surface area contributed by atoms with E-state index in [-0.39, 0.29) is 22.0 Å². The van der Waals surface area contributed by atoms with Crippen LogP contribution in [-0.2, 0) is 23.0 Å². The second-order valence-electron chi connectivity index (χ2n) is 7.89. The molecule has 2 N–H and O–H groups in total. The van der Waals surface area contributed by atoms with E-state index in [0.717, 1.165) is 11.1 Å². The maximum Gasteiger partial charge on any atom is 0.262 e. The molecule has 3 aromatic carbocycles. The first-order valence-corrected chi connectivity index (χ1v) is 13.1. The first-order chi connectivity index (χ1) is 16.2. The summed E-state index contributed by atoms with van der Waals surface area (Å²) in [6, 6.07) is 20.7. The number of hydrogen-bond donors (Lipinski definition) is 1. The summed E-state index contributed by atoms with van der Waals surface area (Å²) in [6.07, 6.45) is 0.476. The minimum atomic E-state index is -3.77. The van der Waals surface area contributed by atoms with Crippen LogP contribution in [0, 0.1) is 6.92 Å². The number of nitrogens with two attached hydrogens (primary N) is 1. The van der Waals surface area contributed by atoms with E-state index in [1.165, 1.54) is 23.9 Å². The predicted molar refractivity (Wildman–Crippen MR) is 134 cm³/mol. The van der Waals surface area contributed by atoms with Gasteiger partial charge in [-0.1, -0.05) is 65.9 Å². The second kappa shape index (κ2) is 9.92. The van der Waals surface area contributed by atoms with Gasteiger partial charge >= 0.3 is 0 Å². The molecule has 0 bridgehead atoms. The van der Waals surface area contributed by atoms with Gasteiger partial charge in [-0.25, -0.2) is 18.5 Å². The number of aryl methyl sites for hydroxylation is 2. The van der Waals surface area contributed by atoms with Crippen LogP contribution in [0.3, 0.4) is 0 Å². The van der Waals surface area contributed by atoms with Crippen LogP contribution < -0.4 is 10.7 Å². The average molecular weight is 494 g/mol. The number of thioether (sulfide) groups is 1. The average Bonchev–Trinajstić information content (AvgIpc) is 2.82. The lowest BCUT2D eigenvalue weighted by atomic mass is 10.1. The Morgan fingerprint density at radius 3 is 2.35 bits per heavy atom. The molecule has 4 aromatic rings. The molecular weight excluding hydrogens is 470 g/mol. The SMILES string of the molecule is Cc1ccc(C(=O)CSc2nc3ccccc3c(=O)n2CCc2ccc(S(N)(=O)=O)cc2)cc1. The Balaban J connectivity index is 1.60. The largest absolute Gasteiger partial charge is 0.293 e. The number of sulfonamides is 1. The third kappa shape index (κ3) is 5.44. The molecule has 9 heteroatoms. The van der Waals surface area contributed by atoms with E-state index in [1.807, 2.05) is 25.1 Å². The van der Waals surface area contributed by atoms with Crippen molar-refractivity contribution < 1.29 is 13.2 Å². The van der Waals surface area contributed by atoms with Crippen molar-refractivity contribution >= 4 is 38.5 Å². The fourth-order valence-electron chi connectivity index (χ4n) is 3.49. The molecule has 0 spiro atoms. The van der Waals surface area contributed by atoms with Crippen molar-refractivity contribution in [3.8, 4) is 0 Å². The summed E-state index contributed by atoms with van der Waals surface area (Å²) in [4.78, 5) is 30.6. The molecule has 0 aliphatic heterocycles. The van der Waals surface area contributed by atoms with Crippen molar-refractivity contribution in [1.29, 1.82) is 0 Å². The van der Waals surface area contributed by atoms with Crippen LogP contribution in [0.2, 0.25) is 0 Å².